The summed E-state index contributed by atoms with van der Waals surface area (Å²) in [6.45, 7) is 18.2. The van der Waals surface area contributed by atoms with E-state index in [1.165, 1.54) is 28.9 Å². The second-order valence-electron chi connectivity index (χ2n) is 9.80. The molecule has 0 aliphatic heterocycles. The zero-order valence-corrected chi connectivity index (χ0v) is 18.1. The van der Waals surface area contributed by atoms with Gasteiger partial charge in [-0.05, 0) is 47.9 Å². The average molecular weight is 352 g/mol. The molecule has 0 spiro atoms. The Hall–Kier alpha value is -1.63. The topological polar surface area (TPSA) is 12.9 Å². The molecule has 2 rings (SSSR count). The molecular formula is C25H37N. The Labute approximate surface area is 161 Å². The van der Waals surface area contributed by atoms with Crippen LogP contribution in [0.3, 0.4) is 0 Å². The highest BCUT2D eigenvalue weighted by Crippen LogP contribution is 2.33. The first kappa shape index (κ1) is 20.7. The van der Waals surface area contributed by atoms with E-state index >= 15 is 0 Å². The van der Waals surface area contributed by atoms with E-state index in [4.69, 9.17) is 4.98 Å². The molecule has 0 saturated heterocycles. The maximum atomic E-state index is 5.00. The lowest BCUT2D eigenvalue weighted by Crippen LogP contribution is -2.22. The standard InChI is InChI=1S/C25H37N/c1-18(2)20-12-14-21(15-13-20)19(3)16-17-25(7,8)23-11-9-10-22(26-23)24(4,5)6/h9-15,18-19H,16-17H2,1-8H3. The largest absolute Gasteiger partial charge is 0.257 e. The molecule has 1 nitrogen and oxygen atoms in total. The third-order valence-electron chi connectivity index (χ3n) is 5.59. The van der Waals surface area contributed by atoms with Crippen LogP contribution < -0.4 is 0 Å². The summed E-state index contributed by atoms with van der Waals surface area (Å²) in [5.74, 6) is 1.17. The maximum Gasteiger partial charge on any atom is 0.0463 e. The van der Waals surface area contributed by atoms with Crippen molar-refractivity contribution in [2.24, 2.45) is 0 Å². The lowest BCUT2D eigenvalue weighted by atomic mass is 9.80. The van der Waals surface area contributed by atoms with Crippen LogP contribution in [0.4, 0.5) is 0 Å². The van der Waals surface area contributed by atoms with E-state index in [0.717, 1.165) is 6.42 Å². The van der Waals surface area contributed by atoms with Gasteiger partial charge < -0.3 is 0 Å². The van der Waals surface area contributed by atoms with Crippen molar-refractivity contribution in [2.45, 2.75) is 90.9 Å². The molecule has 0 aliphatic rings. The second-order valence-corrected chi connectivity index (χ2v) is 9.80. The fourth-order valence-electron chi connectivity index (χ4n) is 3.31. The molecule has 1 aromatic heterocycles. The number of hydrogen-bond donors (Lipinski definition) is 0. The molecule has 2 aromatic rings. The van der Waals surface area contributed by atoms with Crippen LogP contribution in [0.25, 0.3) is 0 Å². The van der Waals surface area contributed by atoms with Crippen LogP contribution in [0.1, 0.15) is 103 Å². The van der Waals surface area contributed by atoms with Gasteiger partial charge in [0.05, 0.1) is 0 Å². The predicted molar refractivity (Wildman–Crippen MR) is 114 cm³/mol. The van der Waals surface area contributed by atoms with Crippen LogP contribution in [-0.4, -0.2) is 4.98 Å². The Balaban J connectivity index is 2.07. The number of hydrogen-bond acceptors (Lipinski definition) is 1. The number of pyridine rings is 1. The van der Waals surface area contributed by atoms with Gasteiger partial charge in [-0.15, -0.1) is 0 Å². The molecule has 1 heterocycles. The van der Waals surface area contributed by atoms with Gasteiger partial charge in [-0.1, -0.05) is 85.7 Å². The van der Waals surface area contributed by atoms with E-state index in [1.54, 1.807) is 0 Å². The van der Waals surface area contributed by atoms with Gasteiger partial charge in [0.15, 0.2) is 0 Å². The van der Waals surface area contributed by atoms with Crippen LogP contribution >= 0.6 is 0 Å². The highest BCUT2D eigenvalue weighted by atomic mass is 14.7. The van der Waals surface area contributed by atoms with E-state index in [-0.39, 0.29) is 10.8 Å². The van der Waals surface area contributed by atoms with Crippen molar-refractivity contribution >= 4 is 0 Å². The number of nitrogens with zero attached hydrogens (tertiary/aromatic N) is 1. The molecule has 0 saturated carbocycles. The molecule has 0 N–H and O–H groups in total. The smallest absolute Gasteiger partial charge is 0.0463 e. The van der Waals surface area contributed by atoms with Crippen molar-refractivity contribution in [3.8, 4) is 0 Å². The Bertz CT molecular complexity index is 702. The zero-order valence-electron chi connectivity index (χ0n) is 18.1. The van der Waals surface area contributed by atoms with Crippen LogP contribution in [0.5, 0.6) is 0 Å². The van der Waals surface area contributed by atoms with Gasteiger partial charge in [0.25, 0.3) is 0 Å². The van der Waals surface area contributed by atoms with Crippen molar-refractivity contribution in [3.05, 3.63) is 65.0 Å². The summed E-state index contributed by atoms with van der Waals surface area (Å²) in [7, 11) is 0. The van der Waals surface area contributed by atoms with Crippen LogP contribution in [-0.2, 0) is 10.8 Å². The molecule has 1 atom stereocenters. The molecule has 1 aromatic carbocycles. The van der Waals surface area contributed by atoms with E-state index in [1.807, 2.05) is 0 Å². The van der Waals surface area contributed by atoms with Crippen molar-refractivity contribution < 1.29 is 0 Å². The summed E-state index contributed by atoms with van der Waals surface area (Å²) in [5.41, 5.74) is 5.45. The van der Waals surface area contributed by atoms with Gasteiger partial charge in [-0.25, -0.2) is 0 Å². The first-order valence-electron chi connectivity index (χ1n) is 10.1. The Morgan fingerprint density at radius 2 is 1.31 bits per heavy atom. The van der Waals surface area contributed by atoms with Crippen molar-refractivity contribution in [2.75, 3.05) is 0 Å². The Kier molecular flexibility index (Phi) is 6.32. The van der Waals surface area contributed by atoms with Gasteiger partial charge >= 0.3 is 0 Å². The molecule has 0 aliphatic carbocycles. The lowest BCUT2D eigenvalue weighted by molar-refractivity contribution is 0.424. The fraction of sp³-hybridized carbons (Fsp3) is 0.560. The lowest BCUT2D eigenvalue weighted by Gasteiger charge is -2.28. The van der Waals surface area contributed by atoms with Crippen LogP contribution in [0.15, 0.2) is 42.5 Å². The van der Waals surface area contributed by atoms with Gasteiger partial charge in [0.1, 0.15) is 0 Å². The van der Waals surface area contributed by atoms with Gasteiger partial charge in [-0.3, -0.25) is 4.98 Å². The van der Waals surface area contributed by atoms with Gasteiger partial charge in [-0.2, -0.15) is 0 Å². The highest BCUT2D eigenvalue weighted by molar-refractivity contribution is 5.27. The molecule has 0 bridgehead atoms. The molecule has 142 valence electrons. The molecular weight excluding hydrogens is 314 g/mol. The summed E-state index contributed by atoms with van der Waals surface area (Å²) in [5, 5.41) is 0. The normalized spacial score (nSPS) is 13.9. The first-order chi connectivity index (χ1) is 12.0. The van der Waals surface area contributed by atoms with E-state index in [0.29, 0.717) is 11.8 Å². The minimum absolute atomic E-state index is 0.0907. The third-order valence-corrected chi connectivity index (χ3v) is 5.59. The van der Waals surface area contributed by atoms with Crippen molar-refractivity contribution in [3.63, 3.8) is 0 Å². The Morgan fingerprint density at radius 1 is 0.769 bits per heavy atom. The quantitative estimate of drug-likeness (QED) is 0.529. The summed E-state index contributed by atoms with van der Waals surface area (Å²) >= 11 is 0. The van der Waals surface area contributed by atoms with Gasteiger partial charge in [0, 0.05) is 22.2 Å². The average Bonchev–Trinajstić information content (AvgIpc) is 2.59. The molecule has 1 heteroatoms. The number of benzene rings is 1. The molecule has 0 fully saturated rings. The van der Waals surface area contributed by atoms with Crippen LogP contribution in [0, 0.1) is 0 Å². The summed E-state index contributed by atoms with van der Waals surface area (Å²) in [6, 6.07) is 15.7. The molecule has 0 amide bonds. The third kappa shape index (κ3) is 5.19. The SMILES string of the molecule is CC(C)c1ccc(C(C)CCC(C)(C)c2cccc(C(C)(C)C)n2)cc1. The zero-order chi connectivity index (χ0) is 19.5. The second kappa shape index (κ2) is 7.94. The monoisotopic (exact) mass is 351 g/mol. The number of rotatable bonds is 6. The first-order valence-corrected chi connectivity index (χ1v) is 10.1. The Morgan fingerprint density at radius 3 is 1.85 bits per heavy atom. The molecule has 1 unspecified atom stereocenters. The predicted octanol–water partition coefficient (Wildman–Crippen LogP) is 7.36. The molecule has 0 radical (unpaired) electrons. The fourth-order valence-corrected chi connectivity index (χ4v) is 3.31. The minimum atomic E-state index is 0.0907. The number of aromatic nitrogens is 1. The summed E-state index contributed by atoms with van der Waals surface area (Å²) in [6.07, 6.45) is 2.32. The maximum absolute atomic E-state index is 5.00. The highest BCUT2D eigenvalue weighted by Gasteiger charge is 2.25. The van der Waals surface area contributed by atoms with Crippen molar-refractivity contribution in [1.82, 2.24) is 4.98 Å². The molecule has 26 heavy (non-hydrogen) atoms. The van der Waals surface area contributed by atoms with Crippen molar-refractivity contribution in [1.29, 1.82) is 0 Å². The van der Waals surface area contributed by atoms with E-state index in [9.17, 15) is 0 Å². The van der Waals surface area contributed by atoms with E-state index in [2.05, 4.69) is 97.9 Å². The van der Waals surface area contributed by atoms with E-state index < -0.39 is 0 Å². The van der Waals surface area contributed by atoms with Crippen LogP contribution in [0.2, 0.25) is 0 Å². The summed E-state index contributed by atoms with van der Waals surface area (Å²) in [4.78, 5) is 5.00. The van der Waals surface area contributed by atoms with Gasteiger partial charge in [0.2, 0.25) is 0 Å². The minimum Gasteiger partial charge on any atom is -0.257 e. The summed E-state index contributed by atoms with van der Waals surface area (Å²) < 4.78 is 0.